The van der Waals surface area contributed by atoms with Crippen LogP contribution >= 0.6 is 64.8 Å². The van der Waals surface area contributed by atoms with Crippen LogP contribution in [0.4, 0.5) is 40.2 Å². The van der Waals surface area contributed by atoms with Crippen LogP contribution in [0.15, 0.2) is 194 Å². The molecule has 0 spiro atoms. The summed E-state index contributed by atoms with van der Waals surface area (Å²) in [6.45, 7) is 43.0. The van der Waals surface area contributed by atoms with E-state index in [1.54, 1.807) is 89.6 Å². The monoisotopic (exact) mass is 1540 g/mol. The van der Waals surface area contributed by atoms with Gasteiger partial charge < -0.3 is 32.7 Å². The number of nitrogens with zero attached hydrogens (tertiary/aromatic N) is 7. The minimum atomic E-state index is -0.870. The lowest BCUT2D eigenvalue weighted by Crippen LogP contribution is -2.21. The molecule has 0 saturated heterocycles. The third-order valence-electron chi connectivity index (χ3n) is 8.35. The highest BCUT2D eigenvalue weighted by Gasteiger charge is 2.00. The lowest BCUT2D eigenvalue weighted by Gasteiger charge is -2.04. The van der Waals surface area contributed by atoms with E-state index in [-0.39, 0.29) is 27.3 Å². The highest BCUT2D eigenvalue weighted by molar-refractivity contribution is 9.08. The van der Waals surface area contributed by atoms with E-state index in [9.17, 15) is 37.7 Å². The topological polar surface area (TPSA) is 315 Å². The van der Waals surface area contributed by atoms with Gasteiger partial charge in [-0.2, -0.15) is 9.90 Å². The number of aliphatic imine (C=N–C) groups is 1. The summed E-state index contributed by atoms with van der Waals surface area (Å²) in [6, 6.07) is 48.4. The zero-order valence-corrected chi connectivity index (χ0v) is 71.4. The van der Waals surface area contributed by atoms with Gasteiger partial charge in [0, 0.05) is 67.6 Å². The summed E-state index contributed by atoms with van der Waals surface area (Å²) in [5.74, 6) is 3.39. The summed E-state index contributed by atoms with van der Waals surface area (Å²) in [4.78, 5) is 42.2. The molecule has 0 aliphatic rings. The van der Waals surface area contributed by atoms with Crippen molar-refractivity contribution in [2.45, 2.75) is 111 Å². The average Bonchev–Trinajstić information content (AvgIpc) is 0.933. The Bertz CT molecular complexity index is 2840. The number of hydrogen-bond acceptors (Lipinski definition) is 17. The van der Waals surface area contributed by atoms with Crippen LogP contribution in [0.5, 0.6) is 0 Å². The number of para-hydroxylation sites is 5. The number of non-ortho nitro benzene ring substituents is 1. The molecule has 98 heavy (non-hydrogen) atoms. The first-order valence-corrected chi connectivity index (χ1v) is 43.1. The maximum atomic E-state index is 10.2. The number of carbonyl (C=O) groups excluding carboxylic acids is 1. The van der Waals surface area contributed by atoms with E-state index in [1.165, 1.54) is 25.1 Å². The van der Waals surface area contributed by atoms with Gasteiger partial charge in [-0.05, 0) is 108 Å². The van der Waals surface area contributed by atoms with Crippen molar-refractivity contribution in [2.75, 3.05) is 101 Å². The van der Waals surface area contributed by atoms with E-state index in [4.69, 9.17) is 17.2 Å². The Labute approximate surface area is 609 Å². The Balaban J connectivity index is -0.0000000949. The molecule has 0 aliphatic heterocycles. The van der Waals surface area contributed by atoms with Gasteiger partial charge in [-0.1, -0.05) is 199 Å². The summed E-state index contributed by atoms with van der Waals surface area (Å²) >= 11 is 2.94. The summed E-state index contributed by atoms with van der Waals surface area (Å²) in [6.07, 6.45) is 10.9. The number of nitro groups is 1. The van der Waals surface area contributed by atoms with Gasteiger partial charge in [-0.15, -0.1) is 0 Å². The SMILES string of the molecule is CBr.CC.CC.CC.CC.CC.CC(=O)/C=C/N(C)C.CC[P+](C)=O.CC[P+](C)=O.CC[P+](C)=O.C[P+](C)=O.C[P+](C)=O.Cc1ccnc(Nc2ccccc2)n1.Cc1cncc(Nc2ccccc2)n1.NC(N)=Nc1ccccc1.Nc1ccccc1.O=[N+]([O-])c1ccccc1.P. The molecule has 8 N–H and O–H groups in total. The van der Waals surface area contributed by atoms with Gasteiger partial charge in [0.05, 0.1) is 22.5 Å². The number of benzene rings is 5. The van der Waals surface area contributed by atoms with Crippen LogP contribution in [0.2, 0.25) is 0 Å². The van der Waals surface area contributed by atoms with Gasteiger partial charge in [0.1, 0.15) is 71.0 Å². The molecule has 4 unspecified atom stereocenters. The first-order valence-electron chi connectivity index (χ1n) is 31.5. The van der Waals surface area contributed by atoms with Gasteiger partial charge in [0.2, 0.25) is 5.95 Å². The number of nitrogen functional groups attached to an aromatic ring is 1. The summed E-state index contributed by atoms with van der Waals surface area (Å²) in [7, 11) is -0.537. The molecule has 0 aliphatic carbocycles. The first kappa shape index (κ1) is 115. The summed E-state index contributed by atoms with van der Waals surface area (Å²) in [5, 5.41) is 16.3. The maximum Gasteiger partial charge on any atom is 0.335 e. The molecule has 4 atom stereocenters. The second-order valence-electron chi connectivity index (χ2n) is 17.3. The van der Waals surface area contributed by atoms with Crippen LogP contribution in [0, 0.1) is 24.0 Å². The standard InChI is InChI=1S/2C11H11N3.C7H9N3.C6H5NO2.C6H11NO.C6H7N.3C3H8OP.2C2H6OP.5C2H6.CH3Br.H3P/c1-9-7-12-8-11(13-9)14-10-5-3-2-4-6-10;1-9-7-8-12-11(13-9)14-10-5-3-2-4-6-10;8-7(9)10-6-4-2-1-3-5-6;8-7(9)6-4-2-1-3-5-6;1-6(8)4-5-7(2)3;7-6-4-2-1-3-5-6;3*1-3-5(2)4;2*1-4(2)3;6*1-2;/h2-8H,1H3,(H,13,14);2-8H,1H3,(H,12,13,14);1-5H,(H4,8,9,10);1-5H;4-5H,1-3H3;1-5H,7H2;3*3H2,1-2H3;2*1-2H3;5*1-2H3;1H3;1H3/q;;;;;;5*+1;;;;;;;/b;;;;5-4+;;;;;;;;;;;;;. The van der Waals surface area contributed by atoms with Crippen molar-refractivity contribution in [1.82, 2.24) is 24.8 Å². The molecule has 20 nitrogen and oxygen atoms in total. The highest BCUT2D eigenvalue weighted by atomic mass is 79.9. The summed E-state index contributed by atoms with van der Waals surface area (Å²) in [5.41, 5.74) is 21.3. The minimum Gasteiger partial charge on any atom is -0.399 e. The Morgan fingerprint density at radius 2 is 0.888 bits per heavy atom. The molecule has 0 amide bonds. The van der Waals surface area contributed by atoms with E-state index in [0.717, 1.165) is 58.4 Å². The van der Waals surface area contributed by atoms with E-state index in [2.05, 4.69) is 51.5 Å². The average molecular weight is 1540 g/mol. The lowest BCUT2D eigenvalue weighted by molar-refractivity contribution is -0.384. The predicted octanol–water partition coefficient (Wildman–Crippen LogP) is 21.9. The van der Waals surface area contributed by atoms with Crippen molar-refractivity contribution in [1.29, 1.82) is 0 Å². The van der Waals surface area contributed by atoms with Crippen molar-refractivity contribution in [3.63, 3.8) is 0 Å². The van der Waals surface area contributed by atoms with Gasteiger partial charge >= 0.3 is 39.0 Å². The van der Waals surface area contributed by atoms with Crippen molar-refractivity contribution < 1.29 is 32.5 Å². The zero-order chi connectivity index (χ0) is 77.4. The molecule has 0 bridgehead atoms. The van der Waals surface area contributed by atoms with Crippen LogP contribution in [0.1, 0.15) is 108 Å². The number of anilines is 5. The smallest absolute Gasteiger partial charge is 0.335 e. The fourth-order valence-corrected chi connectivity index (χ4v) is 4.26. The van der Waals surface area contributed by atoms with Crippen molar-refractivity contribution in [3.8, 4) is 0 Å². The number of alkyl halides is 1. The Morgan fingerprint density at radius 3 is 1.14 bits per heavy atom. The molecule has 0 radical (unpaired) electrons. The third-order valence-corrected chi connectivity index (χ3v) is 11.0. The van der Waals surface area contributed by atoms with Crippen LogP contribution < -0.4 is 27.8 Å². The number of nitrogens with one attached hydrogen (secondary N) is 2. The van der Waals surface area contributed by atoms with Crippen molar-refractivity contribution in [2.24, 2.45) is 16.5 Å². The number of halogens is 1. The molecule has 0 saturated carbocycles. The van der Waals surface area contributed by atoms with Crippen LogP contribution in [-0.4, -0.2) is 127 Å². The summed E-state index contributed by atoms with van der Waals surface area (Å²) < 4.78 is 49.1. The Hall–Kier alpha value is -7.05. The van der Waals surface area contributed by atoms with E-state index in [1.807, 2.05) is 256 Å². The van der Waals surface area contributed by atoms with Gasteiger partial charge in [0.25, 0.3) is 5.69 Å². The largest absolute Gasteiger partial charge is 0.399 e. The van der Waals surface area contributed by atoms with Crippen LogP contribution in [-0.2, 0) is 27.6 Å². The number of rotatable bonds is 11. The van der Waals surface area contributed by atoms with Crippen LogP contribution in [0.25, 0.3) is 0 Å². The number of nitro benzene ring substituents is 1. The molecule has 27 heteroatoms. The molecule has 7 aromatic rings. The predicted molar refractivity (Wildman–Crippen MR) is 446 cm³/mol. The maximum absolute atomic E-state index is 10.2. The number of ketones is 1. The van der Waals surface area contributed by atoms with Crippen LogP contribution in [0.3, 0.4) is 0 Å². The molecular weight excluding hydrogens is 1410 g/mol. The lowest BCUT2D eigenvalue weighted by atomic mass is 10.3. The molecule has 7 rings (SSSR count). The Morgan fingerprint density at radius 1 is 0.561 bits per heavy atom. The first-order chi connectivity index (χ1) is 46.1. The Kier molecular flexibility index (Phi) is 108. The second kappa shape index (κ2) is 92.0. The van der Waals surface area contributed by atoms with Crippen molar-refractivity contribution in [3.05, 3.63) is 210 Å². The van der Waals surface area contributed by atoms with E-state index >= 15 is 0 Å². The van der Waals surface area contributed by atoms with Gasteiger partial charge in [-0.3, -0.25) is 19.9 Å². The van der Waals surface area contributed by atoms with Crippen molar-refractivity contribution >= 4 is 117 Å². The van der Waals surface area contributed by atoms with E-state index in [0.29, 0.717) is 5.95 Å². The number of hydrogen-bond donors (Lipinski definition) is 5. The number of carbonyl (C=O) groups is 1. The molecule has 0 fully saturated rings. The number of allylic oxidation sites excluding steroid dienone is 1. The number of aromatic nitrogens is 4. The molecule has 550 valence electrons. The fraction of sp³-hybridized carbons (Fsp3) is 0.408. The number of guanidine groups is 1. The molecule has 2 aromatic heterocycles. The zero-order valence-electron chi connectivity index (χ0n) is 64.0. The number of nitrogens with two attached hydrogens (primary N) is 3. The fourth-order valence-electron chi connectivity index (χ4n) is 4.26. The quantitative estimate of drug-likeness (QED) is 0.0117. The minimum absolute atomic E-state index is 0. The van der Waals surface area contributed by atoms with Gasteiger partial charge in [0.15, 0.2) is 11.7 Å². The molecule has 5 aromatic carbocycles. The number of aryl methyl sites for hydroxylation is 2. The highest BCUT2D eigenvalue weighted by Crippen LogP contribution is 2.15. The second-order valence-corrected chi connectivity index (χ2v) is 26.2. The third kappa shape index (κ3) is 108. The normalized spacial score (nSPS) is 8.54. The molecular formula is C71H126BrN12O8P6+5. The van der Waals surface area contributed by atoms with E-state index < -0.39 is 43.9 Å². The van der Waals surface area contributed by atoms with Gasteiger partial charge in [-0.25, -0.2) is 19.9 Å². The molecule has 2 heterocycles.